The van der Waals surface area contributed by atoms with Crippen LogP contribution in [0.15, 0.2) is 59.8 Å². The zero-order valence-electron chi connectivity index (χ0n) is 23.4. The number of aromatic hydroxyl groups is 1. The maximum Gasteiger partial charge on any atom is 0.339 e. The summed E-state index contributed by atoms with van der Waals surface area (Å²) in [5.41, 5.74) is 1.21. The third-order valence-corrected chi connectivity index (χ3v) is 7.40. The first-order chi connectivity index (χ1) is 20.4. The second-order valence-corrected chi connectivity index (χ2v) is 10.7. The fourth-order valence-electron chi connectivity index (χ4n) is 4.90. The second-order valence-electron chi connectivity index (χ2n) is 10.3. The van der Waals surface area contributed by atoms with Crippen molar-refractivity contribution in [2.75, 3.05) is 13.7 Å². The van der Waals surface area contributed by atoms with Crippen molar-refractivity contribution >= 4 is 35.1 Å². The van der Waals surface area contributed by atoms with Gasteiger partial charge in [-0.25, -0.2) is 13.6 Å². The van der Waals surface area contributed by atoms with Gasteiger partial charge < -0.3 is 19.8 Å². The van der Waals surface area contributed by atoms with E-state index in [1.165, 1.54) is 25.3 Å². The van der Waals surface area contributed by atoms with E-state index in [0.29, 0.717) is 33.7 Å². The Morgan fingerprint density at radius 3 is 2.49 bits per heavy atom. The first-order valence-electron chi connectivity index (χ1n) is 13.4. The van der Waals surface area contributed by atoms with Crippen molar-refractivity contribution in [3.63, 3.8) is 0 Å². The van der Waals surface area contributed by atoms with Gasteiger partial charge in [-0.05, 0) is 66.6 Å². The van der Waals surface area contributed by atoms with E-state index in [1.54, 1.807) is 25.1 Å². The molecule has 2 atom stereocenters. The molecular weight excluding hydrogens is 586 g/mol. The summed E-state index contributed by atoms with van der Waals surface area (Å²) in [7, 11) is 1.50. The number of phenols is 1. The zero-order chi connectivity index (χ0) is 31.3. The molecular formula is C31H29ClF2N2O7. The Morgan fingerprint density at radius 1 is 1.12 bits per heavy atom. The minimum Gasteiger partial charge on any atom is -0.507 e. The number of aromatic carboxylic acids is 1. The molecule has 3 aromatic rings. The van der Waals surface area contributed by atoms with Crippen molar-refractivity contribution in [3.05, 3.63) is 87.9 Å². The number of ether oxygens (including phenoxy) is 1. The van der Waals surface area contributed by atoms with Gasteiger partial charge >= 0.3 is 5.97 Å². The number of hydrogen-bond acceptors (Lipinski definition) is 7. The third-order valence-electron chi connectivity index (χ3n) is 7.17. The predicted molar refractivity (Wildman–Crippen MR) is 154 cm³/mol. The van der Waals surface area contributed by atoms with Gasteiger partial charge in [0.05, 0.1) is 19.4 Å². The first kappa shape index (κ1) is 31.4. The minimum absolute atomic E-state index is 0.145. The SMILES string of the molecule is COc1ccc(Cl)cc1CC1CC/C(=N\Oc2cc(F)cc(F)c2)CN(C(=O)C[C@H](C)c2ccc(C(=O)O)c(O)c2)C1=O. The quantitative estimate of drug-likeness (QED) is 0.285. The Hall–Kier alpha value is -4.51. The molecule has 3 aromatic carbocycles. The number of carbonyl (C=O) groups excluding carboxylic acids is 2. The molecule has 226 valence electrons. The van der Waals surface area contributed by atoms with Crippen LogP contribution in [0.1, 0.15) is 53.6 Å². The molecule has 0 saturated carbocycles. The summed E-state index contributed by atoms with van der Waals surface area (Å²) in [6.07, 6.45) is 0.614. The number of benzene rings is 3. The molecule has 1 aliphatic heterocycles. The van der Waals surface area contributed by atoms with Crippen molar-refractivity contribution < 1.29 is 43.0 Å². The number of nitrogens with zero attached hydrogens (tertiary/aromatic N) is 2. The van der Waals surface area contributed by atoms with Gasteiger partial charge in [-0.1, -0.05) is 29.7 Å². The number of likely N-dealkylation sites (tertiary alicyclic amines) is 1. The van der Waals surface area contributed by atoms with Crippen LogP contribution in [0.3, 0.4) is 0 Å². The smallest absolute Gasteiger partial charge is 0.339 e. The molecule has 43 heavy (non-hydrogen) atoms. The van der Waals surface area contributed by atoms with Crippen LogP contribution in [0.25, 0.3) is 0 Å². The normalized spacial score (nSPS) is 17.0. The number of rotatable bonds is 9. The Bertz CT molecular complexity index is 1560. The summed E-state index contributed by atoms with van der Waals surface area (Å²) in [5, 5.41) is 23.8. The highest BCUT2D eigenvalue weighted by atomic mass is 35.5. The molecule has 1 heterocycles. The van der Waals surface area contributed by atoms with Gasteiger partial charge in [-0.3, -0.25) is 14.5 Å². The Balaban J connectivity index is 1.61. The van der Waals surface area contributed by atoms with Crippen molar-refractivity contribution in [2.45, 2.75) is 38.5 Å². The predicted octanol–water partition coefficient (Wildman–Crippen LogP) is 5.97. The lowest BCUT2D eigenvalue weighted by Gasteiger charge is -2.24. The number of methoxy groups -OCH3 is 1. The lowest BCUT2D eigenvalue weighted by molar-refractivity contribution is -0.146. The van der Waals surface area contributed by atoms with E-state index >= 15 is 0 Å². The van der Waals surface area contributed by atoms with Crippen molar-refractivity contribution in [3.8, 4) is 17.2 Å². The van der Waals surface area contributed by atoms with Crippen molar-refractivity contribution in [1.82, 2.24) is 4.90 Å². The van der Waals surface area contributed by atoms with Crippen LogP contribution in [-0.4, -0.2) is 52.3 Å². The molecule has 2 amide bonds. The van der Waals surface area contributed by atoms with Crippen LogP contribution in [0.5, 0.6) is 17.2 Å². The zero-order valence-corrected chi connectivity index (χ0v) is 24.1. The molecule has 1 aliphatic rings. The largest absolute Gasteiger partial charge is 0.507 e. The topological polar surface area (TPSA) is 126 Å². The van der Waals surface area contributed by atoms with Crippen LogP contribution in [0.4, 0.5) is 8.78 Å². The second kappa shape index (κ2) is 13.6. The minimum atomic E-state index is -1.29. The summed E-state index contributed by atoms with van der Waals surface area (Å²) in [6, 6.07) is 11.7. The monoisotopic (exact) mass is 614 g/mol. The molecule has 2 N–H and O–H groups in total. The van der Waals surface area contributed by atoms with Crippen LogP contribution in [0.2, 0.25) is 5.02 Å². The fraction of sp³-hybridized carbons (Fsp3) is 0.290. The maximum atomic E-state index is 13.8. The van der Waals surface area contributed by atoms with Crippen LogP contribution < -0.4 is 9.57 Å². The van der Waals surface area contributed by atoms with E-state index in [2.05, 4.69) is 5.16 Å². The fourth-order valence-corrected chi connectivity index (χ4v) is 5.09. The van der Waals surface area contributed by atoms with E-state index in [1.807, 2.05) is 0 Å². The summed E-state index contributed by atoms with van der Waals surface area (Å²) in [6.45, 7) is 1.49. The molecule has 1 fully saturated rings. The molecule has 0 radical (unpaired) electrons. The van der Waals surface area contributed by atoms with Crippen LogP contribution in [0, 0.1) is 17.6 Å². The summed E-state index contributed by atoms with van der Waals surface area (Å²) in [4.78, 5) is 45.0. The molecule has 1 saturated heterocycles. The Labute approximate surface area is 251 Å². The lowest BCUT2D eigenvalue weighted by Crippen LogP contribution is -2.42. The van der Waals surface area contributed by atoms with Gasteiger partial charge in [0.2, 0.25) is 11.8 Å². The molecule has 0 bridgehead atoms. The molecule has 0 aromatic heterocycles. The van der Waals surface area contributed by atoms with Gasteiger partial charge in [0.1, 0.15) is 28.7 Å². The van der Waals surface area contributed by atoms with E-state index in [0.717, 1.165) is 17.0 Å². The highest BCUT2D eigenvalue weighted by Crippen LogP contribution is 2.31. The molecule has 12 heteroatoms. The number of carboxylic acids is 1. The van der Waals surface area contributed by atoms with Crippen LogP contribution in [-0.2, 0) is 16.0 Å². The number of amides is 2. The maximum absolute atomic E-state index is 13.8. The standard InChI is InChI=1S/C31H29ClF2N2O7/c1-17(18-4-7-26(31(40)41)27(37)12-18)9-29(38)36-16-24(35-43-25-14-22(33)13-23(34)15-25)6-3-19(30(36)39)10-20-11-21(32)5-8-28(20)42-2/h4-5,7-8,11-15,17,19,37H,3,6,9-10,16H2,1-2H3,(H,40,41)/b35-24+/t17-,19?/m0/s1. The lowest BCUT2D eigenvalue weighted by atomic mass is 9.92. The number of carboxylic acid groups (broad SMARTS) is 1. The number of imide groups is 1. The van der Waals surface area contributed by atoms with Crippen molar-refractivity contribution in [1.29, 1.82) is 0 Å². The van der Waals surface area contributed by atoms with Gasteiger partial charge in [-0.2, -0.15) is 0 Å². The molecule has 0 aliphatic carbocycles. The van der Waals surface area contributed by atoms with Gasteiger partial charge in [0.15, 0.2) is 5.75 Å². The number of carbonyl (C=O) groups is 3. The summed E-state index contributed by atoms with van der Waals surface area (Å²) in [5.74, 6) is -5.23. The Morgan fingerprint density at radius 2 is 1.84 bits per heavy atom. The van der Waals surface area contributed by atoms with Gasteiger partial charge in [0, 0.05) is 35.6 Å². The van der Waals surface area contributed by atoms with Crippen LogP contribution >= 0.6 is 11.6 Å². The number of halogens is 3. The molecule has 9 nitrogen and oxygen atoms in total. The Kier molecular flexibility index (Phi) is 9.97. The van der Waals surface area contributed by atoms with E-state index in [4.69, 9.17) is 21.2 Å². The molecule has 0 spiro atoms. The van der Waals surface area contributed by atoms with Crippen molar-refractivity contribution in [2.24, 2.45) is 11.1 Å². The average Bonchev–Trinajstić information content (AvgIpc) is 3.10. The van der Waals surface area contributed by atoms with E-state index in [-0.39, 0.29) is 43.5 Å². The van der Waals surface area contributed by atoms with Gasteiger partial charge in [-0.15, -0.1) is 0 Å². The first-order valence-corrected chi connectivity index (χ1v) is 13.7. The van der Waals surface area contributed by atoms with E-state index < -0.39 is 47.0 Å². The third kappa shape index (κ3) is 7.86. The number of hydrogen-bond donors (Lipinski definition) is 2. The molecule has 1 unspecified atom stereocenters. The highest BCUT2D eigenvalue weighted by molar-refractivity contribution is 6.30. The van der Waals surface area contributed by atoms with Gasteiger partial charge in [0.25, 0.3) is 0 Å². The van der Waals surface area contributed by atoms with E-state index in [9.17, 15) is 33.4 Å². The highest BCUT2D eigenvalue weighted by Gasteiger charge is 2.34. The average molecular weight is 615 g/mol. The number of oxime groups is 1. The summed E-state index contributed by atoms with van der Waals surface area (Å²) >= 11 is 6.19. The molecule has 4 rings (SSSR count). The summed E-state index contributed by atoms with van der Waals surface area (Å²) < 4.78 is 32.7.